The number of ether oxygens (including phenoxy) is 1. The molecule has 5 nitrogen and oxygen atoms in total. The first kappa shape index (κ1) is 29.9. The maximum Gasteiger partial charge on any atom is 0.267 e. The molecule has 226 valence electrons. The van der Waals surface area contributed by atoms with E-state index in [1.807, 2.05) is 78.9 Å². The van der Waals surface area contributed by atoms with Gasteiger partial charge in [0.2, 0.25) is 0 Å². The first-order valence-electron chi connectivity index (χ1n) is 15.2. The van der Waals surface area contributed by atoms with Crippen molar-refractivity contribution in [2.45, 2.75) is 32.1 Å². The van der Waals surface area contributed by atoms with Gasteiger partial charge in [0.15, 0.2) is 0 Å². The van der Waals surface area contributed by atoms with E-state index in [9.17, 15) is 9.18 Å². The second-order valence-electron chi connectivity index (χ2n) is 11.1. The quantitative estimate of drug-likeness (QED) is 0.124. The van der Waals surface area contributed by atoms with Crippen molar-refractivity contribution in [2.24, 2.45) is 0 Å². The Morgan fingerprint density at radius 2 is 1.49 bits per heavy atom. The molecule has 6 rings (SSSR count). The van der Waals surface area contributed by atoms with Gasteiger partial charge in [-0.1, -0.05) is 91.0 Å². The topological polar surface area (TPSA) is 50.8 Å². The van der Waals surface area contributed by atoms with Crippen LogP contribution in [0.5, 0.6) is 5.75 Å². The van der Waals surface area contributed by atoms with Gasteiger partial charge in [0, 0.05) is 18.3 Å². The largest absolute Gasteiger partial charge is 0.489 e. The molecule has 0 spiro atoms. The fourth-order valence-corrected chi connectivity index (χ4v) is 5.64. The van der Waals surface area contributed by atoms with Crippen molar-refractivity contribution in [1.82, 2.24) is 5.48 Å². The molecular weight excluding hydrogens is 563 g/mol. The average Bonchev–Trinajstić information content (AvgIpc) is 3.08. The third-order valence-electron chi connectivity index (χ3n) is 7.97. The SMILES string of the molecule is O=C(/C=C/c1ccc(CC2c3ccc(OCc4ccccc4)cc3CCN2c2ccc(F)cc2)cc1)NOCc1ccccc1. The molecule has 5 aromatic carbocycles. The number of carbonyl (C=O) groups excluding carboxylic acids is 1. The molecule has 1 aliphatic rings. The van der Waals surface area contributed by atoms with E-state index in [4.69, 9.17) is 9.57 Å². The summed E-state index contributed by atoms with van der Waals surface area (Å²) in [5, 5.41) is 0. The summed E-state index contributed by atoms with van der Waals surface area (Å²) in [6, 6.07) is 41.2. The first-order valence-corrected chi connectivity index (χ1v) is 15.2. The second-order valence-corrected chi connectivity index (χ2v) is 11.1. The van der Waals surface area contributed by atoms with E-state index < -0.39 is 0 Å². The van der Waals surface area contributed by atoms with Crippen LogP contribution in [0.2, 0.25) is 0 Å². The molecule has 0 saturated carbocycles. The Hall–Kier alpha value is -5.20. The zero-order valence-electron chi connectivity index (χ0n) is 24.9. The molecular formula is C39H35FN2O3. The molecule has 1 atom stereocenters. The molecule has 5 aromatic rings. The number of rotatable bonds is 11. The van der Waals surface area contributed by atoms with Gasteiger partial charge in [0.05, 0.1) is 12.6 Å². The Kier molecular flexibility index (Phi) is 9.63. The summed E-state index contributed by atoms with van der Waals surface area (Å²) < 4.78 is 19.9. The number of carbonyl (C=O) groups is 1. The highest BCUT2D eigenvalue weighted by Gasteiger charge is 2.28. The average molecular weight is 599 g/mol. The lowest BCUT2D eigenvalue weighted by molar-refractivity contribution is -0.129. The molecule has 0 aromatic heterocycles. The predicted molar refractivity (Wildman–Crippen MR) is 176 cm³/mol. The number of amides is 1. The molecule has 6 heteroatoms. The van der Waals surface area contributed by atoms with Crippen LogP contribution in [0.25, 0.3) is 6.08 Å². The lowest BCUT2D eigenvalue weighted by Crippen LogP contribution is -2.36. The van der Waals surface area contributed by atoms with E-state index in [-0.39, 0.29) is 17.8 Å². The van der Waals surface area contributed by atoms with Gasteiger partial charge in [-0.25, -0.2) is 9.87 Å². The molecule has 0 saturated heterocycles. The van der Waals surface area contributed by atoms with E-state index in [0.717, 1.165) is 53.1 Å². The summed E-state index contributed by atoms with van der Waals surface area (Å²) in [6.07, 6.45) is 4.87. The monoisotopic (exact) mass is 598 g/mol. The number of halogens is 1. The highest BCUT2D eigenvalue weighted by Crippen LogP contribution is 2.37. The minimum atomic E-state index is -0.323. The molecule has 0 aliphatic carbocycles. The lowest BCUT2D eigenvalue weighted by Gasteiger charge is -2.39. The second kappa shape index (κ2) is 14.5. The van der Waals surface area contributed by atoms with Gasteiger partial charge in [-0.3, -0.25) is 9.63 Å². The normalized spacial score (nSPS) is 14.2. The molecule has 1 unspecified atom stereocenters. The zero-order chi connectivity index (χ0) is 30.8. The van der Waals surface area contributed by atoms with Crippen LogP contribution in [0.3, 0.4) is 0 Å². The van der Waals surface area contributed by atoms with Gasteiger partial charge in [0.25, 0.3) is 5.91 Å². The summed E-state index contributed by atoms with van der Waals surface area (Å²) >= 11 is 0. The van der Waals surface area contributed by atoms with E-state index in [2.05, 4.69) is 46.8 Å². The standard InChI is InChI=1S/C39H35FN2O3/c40-34-16-18-35(19-17-34)42-24-23-33-26-36(44-27-31-7-3-1-4-8-31)20-21-37(33)38(42)25-30-13-11-29(12-14-30)15-22-39(43)41-45-28-32-9-5-2-6-10-32/h1-22,26,38H,23-25,27-28H2,(H,41,43)/b22-15+. The first-order chi connectivity index (χ1) is 22.1. The van der Waals surface area contributed by atoms with Crippen molar-refractivity contribution < 1.29 is 18.8 Å². The van der Waals surface area contributed by atoms with Gasteiger partial charge in [-0.15, -0.1) is 0 Å². The van der Waals surface area contributed by atoms with Crippen molar-refractivity contribution in [3.05, 3.63) is 173 Å². The Morgan fingerprint density at radius 1 is 0.800 bits per heavy atom. The van der Waals surface area contributed by atoms with Gasteiger partial charge >= 0.3 is 0 Å². The maximum atomic E-state index is 13.8. The van der Waals surface area contributed by atoms with Gasteiger partial charge in [0.1, 0.15) is 18.2 Å². The number of nitrogens with zero attached hydrogens (tertiary/aromatic N) is 1. The number of anilines is 1. The molecule has 45 heavy (non-hydrogen) atoms. The highest BCUT2D eigenvalue weighted by atomic mass is 19.1. The van der Waals surface area contributed by atoms with Crippen molar-refractivity contribution in [1.29, 1.82) is 0 Å². The van der Waals surface area contributed by atoms with Crippen LogP contribution in [0.15, 0.2) is 133 Å². The fourth-order valence-electron chi connectivity index (χ4n) is 5.64. The van der Waals surface area contributed by atoms with Crippen molar-refractivity contribution in [2.75, 3.05) is 11.4 Å². The number of hydrogen-bond donors (Lipinski definition) is 1. The van der Waals surface area contributed by atoms with Crippen LogP contribution in [-0.2, 0) is 35.7 Å². The lowest BCUT2D eigenvalue weighted by atomic mass is 9.88. The van der Waals surface area contributed by atoms with Crippen LogP contribution in [0.1, 0.15) is 39.4 Å². The maximum absolute atomic E-state index is 13.8. The molecule has 0 fully saturated rings. The third kappa shape index (κ3) is 8.05. The van der Waals surface area contributed by atoms with Crippen LogP contribution < -0.4 is 15.1 Å². The zero-order valence-corrected chi connectivity index (χ0v) is 24.9. The summed E-state index contributed by atoms with van der Waals surface area (Å²) in [7, 11) is 0. The van der Waals surface area contributed by atoms with Gasteiger partial charge < -0.3 is 9.64 Å². The highest BCUT2D eigenvalue weighted by molar-refractivity contribution is 5.90. The molecule has 1 aliphatic heterocycles. The van der Waals surface area contributed by atoms with E-state index in [1.165, 1.54) is 29.3 Å². The number of hydroxylamine groups is 1. The number of fused-ring (bicyclic) bond motifs is 1. The molecule has 1 amide bonds. The molecule has 1 heterocycles. The van der Waals surface area contributed by atoms with Crippen LogP contribution in [0.4, 0.5) is 10.1 Å². The Balaban J connectivity index is 1.14. The number of hydrogen-bond acceptors (Lipinski definition) is 4. The van der Waals surface area contributed by atoms with Crippen molar-refractivity contribution in [3.8, 4) is 5.75 Å². The molecule has 0 radical (unpaired) electrons. The van der Waals surface area contributed by atoms with E-state index >= 15 is 0 Å². The van der Waals surface area contributed by atoms with Gasteiger partial charge in [-0.05, 0) is 88.7 Å². The summed E-state index contributed by atoms with van der Waals surface area (Å²) in [6.45, 7) is 1.64. The minimum Gasteiger partial charge on any atom is -0.489 e. The molecule has 1 N–H and O–H groups in total. The number of benzene rings is 5. The van der Waals surface area contributed by atoms with Crippen molar-refractivity contribution in [3.63, 3.8) is 0 Å². The minimum absolute atomic E-state index is 0.0660. The van der Waals surface area contributed by atoms with Crippen molar-refractivity contribution >= 4 is 17.7 Å². The van der Waals surface area contributed by atoms with Crippen LogP contribution in [0, 0.1) is 5.82 Å². The number of nitrogens with one attached hydrogen (secondary N) is 1. The van der Waals surface area contributed by atoms with Gasteiger partial charge in [-0.2, -0.15) is 0 Å². The van der Waals surface area contributed by atoms with E-state index in [0.29, 0.717) is 13.2 Å². The Bertz CT molecular complexity index is 1720. The third-order valence-corrected chi connectivity index (χ3v) is 7.97. The summed E-state index contributed by atoms with van der Waals surface area (Å²) in [4.78, 5) is 19.9. The van der Waals surface area contributed by atoms with Crippen LogP contribution >= 0.6 is 0 Å². The smallest absolute Gasteiger partial charge is 0.267 e. The molecule has 0 bridgehead atoms. The summed E-state index contributed by atoms with van der Waals surface area (Å²) in [5.41, 5.74) is 10.2. The van der Waals surface area contributed by atoms with E-state index in [1.54, 1.807) is 6.08 Å². The predicted octanol–water partition coefficient (Wildman–Crippen LogP) is 8.01. The summed E-state index contributed by atoms with van der Waals surface area (Å²) in [5.74, 6) is 0.293. The Morgan fingerprint density at radius 3 is 2.20 bits per heavy atom. The van der Waals surface area contributed by atoms with Crippen LogP contribution in [-0.4, -0.2) is 12.5 Å². The fraction of sp³-hybridized carbons (Fsp3) is 0.154. The Labute approximate surface area is 263 Å².